The Morgan fingerprint density at radius 3 is 2.78 bits per heavy atom. The molecule has 0 spiro atoms. The number of aromatic nitrogens is 1. The number of benzene rings is 2. The summed E-state index contributed by atoms with van der Waals surface area (Å²) in [5.41, 5.74) is 4.63. The van der Waals surface area contributed by atoms with Crippen LogP contribution in [0.2, 0.25) is 5.02 Å². The molecule has 37 heavy (non-hydrogen) atoms. The predicted octanol–water partition coefficient (Wildman–Crippen LogP) is 4.46. The van der Waals surface area contributed by atoms with E-state index in [-0.39, 0.29) is 23.4 Å². The molecule has 192 valence electrons. The van der Waals surface area contributed by atoms with Gasteiger partial charge in [0.1, 0.15) is 5.82 Å². The Bertz CT molecular complexity index is 1390. The van der Waals surface area contributed by atoms with Crippen molar-refractivity contribution in [1.29, 1.82) is 0 Å². The van der Waals surface area contributed by atoms with E-state index < -0.39 is 11.9 Å². The highest BCUT2D eigenvalue weighted by molar-refractivity contribution is 6.36. The Morgan fingerprint density at radius 1 is 1.24 bits per heavy atom. The number of aromatic amines is 1. The van der Waals surface area contributed by atoms with Crippen molar-refractivity contribution in [2.75, 3.05) is 31.5 Å². The molecule has 2 amide bonds. The van der Waals surface area contributed by atoms with E-state index in [1.54, 1.807) is 30.3 Å². The summed E-state index contributed by atoms with van der Waals surface area (Å²) in [5, 5.41) is 16.0. The number of hydrogen-bond acceptors (Lipinski definition) is 4. The molecule has 2 aliphatic heterocycles. The zero-order chi connectivity index (χ0) is 26.1. The van der Waals surface area contributed by atoms with Crippen molar-refractivity contribution in [3.63, 3.8) is 0 Å². The lowest BCUT2D eigenvalue weighted by Gasteiger charge is -2.19. The second-order valence-corrected chi connectivity index (χ2v) is 9.93. The molecule has 0 aliphatic carbocycles. The predicted molar refractivity (Wildman–Crippen MR) is 143 cm³/mol. The molecule has 4 N–H and O–H groups in total. The highest BCUT2D eigenvalue weighted by Gasteiger charge is 2.28. The van der Waals surface area contributed by atoms with Gasteiger partial charge >= 0.3 is 0 Å². The quantitative estimate of drug-likeness (QED) is 0.344. The van der Waals surface area contributed by atoms with E-state index in [0.29, 0.717) is 45.8 Å². The summed E-state index contributed by atoms with van der Waals surface area (Å²) >= 11 is 6.02. The number of likely N-dealkylation sites (tertiary alicyclic amines) is 1. The molecule has 1 unspecified atom stereocenters. The Morgan fingerprint density at radius 2 is 2.03 bits per heavy atom. The molecule has 2 aliphatic rings. The molecule has 1 atom stereocenters. The first-order chi connectivity index (χ1) is 17.8. The summed E-state index contributed by atoms with van der Waals surface area (Å²) in [7, 11) is 0. The minimum absolute atomic E-state index is 0.0104. The Labute approximate surface area is 219 Å². The molecule has 1 saturated heterocycles. The third kappa shape index (κ3) is 5.32. The second-order valence-electron chi connectivity index (χ2n) is 9.52. The lowest BCUT2D eigenvalue weighted by molar-refractivity contribution is -0.110. The van der Waals surface area contributed by atoms with Crippen LogP contribution in [-0.2, 0) is 4.79 Å². The lowest BCUT2D eigenvalue weighted by Crippen LogP contribution is -2.39. The number of amides is 2. The van der Waals surface area contributed by atoms with E-state index >= 15 is 0 Å². The number of aliphatic hydroxyl groups excluding tert-OH is 1. The van der Waals surface area contributed by atoms with Crippen LogP contribution in [0.1, 0.15) is 40.2 Å². The number of H-pyrrole nitrogens is 1. The number of fused-ring (bicyclic) bond motifs is 1. The molecular formula is C28H28ClFN4O3. The van der Waals surface area contributed by atoms with E-state index in [4.69, 9.17) is 11.6 Å². The average molecular weight is 523 g/mol. The highest BCUT2D eigenvalue weighted by Crippen LogP contribution is 2.41. The molecule has 7 nitrogen and oxygen atoms in total. The molecule has 0 radical (unpaired) electrons. The summed E-state index contributed by atoms with van der Waals surface area (Å²) in [6.45, 7) is 4.42. The first kappa shape index (κ1) is 25.2. The molecule has 1 fully saturated rings. The largest absolute Gasteiger partial charge is 0.390 e. The van der Waals surface area contributed by atoms with Crippen LogP contribution in [-0.4, -0.2) is 59.1 Å². The smallest absolute Gasteiger partial charge is 0.256 e. The zero-order valence-corrected chi connectivity index (χ0v) is 21.2. The summed E-state index contributed by atoms with van der Waals surface area (Å²) < 4.78 is 13.8. The number of halogens is 2. The van der Waals surface area contributed by atoms with Gasteiger partial charge in [0.2, 0.25) is 0 Å². The number of aliphatic hydroxyl groups is 1. The number of β-amino-alcohol motifs (C(OH)–C–C–N with tert-alkyl or cyclic N) is 1. The Balaban J connectivity index is 1.43. The van der Waals surface area contributed by atoms with Crippen LogP contribution in [0.25, 0.3) is 22.8 Å². The van der Waals surface area contributed by atoms with Crippen molar-refractivity contribution < 1.29 is 19.1 Å². The van der Waals surface area contributed by atoms with Crippen LogP contribution < -0.4 is 10.6 Å². The molecule has 2 aromatic carbocycles. The number of anilines is 1. The number of nitrogens with zero attached hydrogens (tertiary/aromatic N) is 1. The van der Waals surface area contributed by atoms with Gasteiger partial charge < -0.3 is 25.6 Å². The molecule has 9 heteroatoms. The van der Waals surface area contributed by atoms with Gasteiger partial charge in [-0.2, -0.15) is 0 Å². The van der Waals surface area contributed by atoms with E-state index in [2.05, 4.69) is 20.5 Å². The third-order valence-electron chi connectivity index (χ3n) is 6.74. The van der Waals surface area contributed by atoms with Crippen LogP contribution in [0.3, 0.4) is 0 Å². The van der Waals surface area contributed by atoms with Crippen molar-refractivity contribution in [3.8, 4) is 11.1 Å². The maximum atomic E-state index is 13.8. The van der Waals surface area contributed by atoms with E-state index in [0.717, 1.165) is 31.6 Å². The minimum Gasteiger partial charge on any atom is -0.390 e. The summed E-state index contributed by atoms with van der Waals surface area (Å²) in [6.07, 6.45) is 3.25. The van der Waals surface area contributed by atoms with Gasteiger partial charge in [0.25, 0.3) is 11.8 Å². The van der Waals surface area contributed by atoms with E-state index in [1.807, 2.05) is 13.0 Å². The third-order valence-corrected chi connectivity index (χ3v) is 7.03. The van der Waals surface area contributed by atoms with Gasteiger partial charge in [-0.3, -0.25) is 9.59 Å². The fourth-order valence-electron chi connectivity index (χ4n) is 4.98. The van der Waals surface area contributed by atoms with Crippen molar-refractivity contribution in [2.45, 2.75) is 25.9 Å². The highest BCUT2D eigenvalue weighted by atomic mass is 35.5. The van der Waals surface area contributed by atoms with Crippen LogP contribution in [0.15, 0.2) is 42.5 Å². The van der Waals surface area contributed by atoms with Gasteiger partial charge in [0.05, 0.1) is 28.0 Å². The summed E-state index contributed by atoms with van der Waals surface area (Å²) in [6, 6.07) is 11.6. The number of aryl methyl sites for hydroxylation is 1. The summed E-state index contributed by atoms with van der Waals surface area (Å²) in [4.78, 5) is 31.4. The second kappa shape index (κ2) is 10.5. The fraction of sp³-hybridized carbons (Fsp3) is 0.286. The Hall–Kier alpha value is -3.46. The molecule has 1 aromatic heterocycles. The standard InChI is InChI=1S/C28H28ClFN4O3/c1-16-11-20(27(36)31-14-18(35)15-34-9-2-3-10-34)25(32-16)13-21-26-19(5-4-6-24(26)33-28(21)37)17-7-8-23(30)22(29)12-17/h4-8,11-13,18,32,35H,2-3,9-10,14-15H2,1H3,(H,31,36)(H,33,37). The van der Waals surface area contributed by atoms with Crippen molar-refractivity contribution in [1.82, 2.24) is 15.2 Å². The molecule has 3 aromatic rings. The van der Waals surface area contributed by atoms with Crippen molar-refractivity contribution >= 4 is 40.8 Å². The summed E-state index contributed by atoms with van der Waals surface area (Å²) in [5.74, 6) is -1.17. The maximum absolute atomic E-state index is 13.8. The van der Waals surface area contributed by atoms with Crippen molar-refractivity contribution in [2.24, 2.45) is 0 Å². The number of rotatable bonds is 7. The van der Waals surface area contributed by atoms with Gasteiger partial charge in [0.15, 0.2) is 0 Å². The molecule has 3 heterocycles. The number of carbonyl (C=O) groups excluding carboxylic acids is 2. The first-order valence-electron chi connectivity index (χ1n) is 12.3. The molecule has 0 bridgehead atoms. The lowest BCUT2D eigenvalue weighted by atomic mass is 9.94. The van der Waals surface area contributed by atoms with E-state index in [1.165, 1.54) is 12.1 Å². The van der Waals surface area contributed by atoms with Gasteiger partial charge in [-0.05, 0) is 74.3 Å². The van der Waals surface area contributed by atoms with Gasteiger partial charge in [-0.1, -0.05) is 29.8 Å². The molecule has 5 rings (SSSR count). The van der Waals surface area contributed by atoms with Gasteiger partial charge in [0, 0.05) is 30.0 Å². The van der Waals surface area contributed by atoms with Gasteiger partial charge in [-0.25, -0.2) is 4.39 Å². The number of hydrogen-bond donors (Lipinski definition) is 4. The van der Waals surface area contributed by atoms with Crippen LogP contribution in [0.4, 0.5) is 10.1 Å². The van der Waals surface area contributed by atoms with Gasteiger partial charge in [-0.15, -0.1) is 0 Å². The van der Waals surface area contributed by atoms with Crippen LogP contribution in [0.5, 0.6) is 0 Å². The van der Waals surface area contributed by atoms with Crippen molar-refractivity contribution in [3.05, 3.63) is 75.8 Å². The fourth-order valence-corrected chi connectivity index (χ4v) is 5.16. The van der Waals surface area contributed by atoms with Crippen LogP contribution in [0, 0.1) is 12.7 Å². The molecular weight excluding hydrogens is 495 g/mol. The van der Waals surface area contributed by atoms with Crippen LogP contribution >= 0.6 is 11.6 Å². The maximum Gasteiger partial charge on any atom is 0.256 e. The zero-order valence-electron chi connectivity index (χ0n) is 20.4. The van der Waals surface area contributed by atoms with E-state index in [9.17, 15) is 19.1 Å². The Kier molecular flexibility index (Phi) is 7.15. The topological polar surface area (TPSA) is 97.5 Å². The average Bonchev–Trinajstić information content (AvgIpc) is 3.59. The normalized spacial score (nSPS) is 17.2. The monoisotopic (exact) mass is 522 g/mol. The molecule has 0 saturated carbocycles. The number of nitrogens with one attached hydrogen (secondary N) is 3. The first-order valence-corrected chi connectivity index (χ1v) is 12.7. The SMILES string of the molecule is Cc1cc(C(=O)NCC(O)CN2CCCC2)c(C=C2C(=O)Nc3cccc(-c4ccc(F)c(Cl)c4)c32)[nH]1. The number of carbonyl (C=O) groups is 2. The minimum atomic E-state index is -0.665.